The number of carbonyl (C=O) groups is 2. The van der Waals surface area contributed by atoms with E-state index in [4.69, 9.17) is 0 Å². The van der Waals surface area contributed by atoms with Crippen LogP contribution in [0.25, 0.3) is 0 Å². The minimum atomic E-state index is -0.967. The summed E-state index contributed by atoms with van der Waals surface area (Å²) >= 11 is 0. The molecule has 0 saturated carbocycles. The van der Waals surface area contributed by atoms with Crippen LogP contribution in [0, 0.1) is 0 Å². The lowest BCUT2D eigenvalue weighted by molar-refractivity contribution is -0.149. The molecule has 0 radical (unpaired) electrons. The standard InChI is InChI=1S/C14H19NO3/c1-3-7-13(16)15(2)12(14(17)18)10-11-8-5-4-6-9-11/h4-6,8-9,12H,3,7,10H2,1-2H3,(H,17,18). The lowest BCUT2D eigenvalue weighted by Crippen LogP contribution is -2.43. The fourth-order valence-corrected chi connectivity index (χ4v) is 1.79. The van der Waals surface area contributed by atoms with Gasteiger partial charge in [0.1, 0.15) is 6.04 Å². The molecule has 4 heteroatoms. The molecule has 0 spiro atoms. The van der Waals surface area contributed by atoms with E-state index in [0.29, 0.717) is 12.8 Å². The highest BCUT2D eigenvalue weighted by Gasteiger charge is 2.26. The second kappa shape index (κ2) is 6.79. The van der Waals surface area contributed by atoms with Crippen LogP contribution in [0.1, 0.15) is 25.3 Å². The number of aliphatic carboxylic acids is 1. The first-order chi connectivity index (χ1) is 8.56. The zero-order chi connectivity index (χ0) is 13.5. The van der Waals surface area contributed by atoms with Crippen LogP contribution >= 0.6 is 0 Å². The van der Waals surface area contributed by atoms with Gasteiger partial charge in [-0.1, -0.05) is 37.3 Å². The van der Waals surface area contributed by atoms with E-state index in [9.17, 15) is 14.7 Å². The molecule has 0 saturated heterocycles. The average molecular weight is 249 g/mol. The highest BCUT2D eigenvalue weighted by Crippen LogP contribution is 2.10. The molecule has 98 valence electrons. The van der Waals surface area contributed by atoms with E-state index in [0.717, 1.165) is 12.0 Å². The van der Waals surface area contributed by atoms with E-state index in [1.54, 1.807) is 7.05 Å². The summed E-state index contributed by atoms with van der Waals surface area (Å²) in [7, 11) is 1.56. The Bertz CT molecular complexity index is 403. The molecule has 0 bridgehead atoms. The van der Waals surface area contributed by atoms with E-state index in [-0.39, 0.29) is 5.91 Å². The predicted molar refractivity (Wildman–Crippen MR) is 69.2 cm³/mol. The summed E-state index contributed by atoms with van der Waals surface area (Å²) in [6, 6.07) is 8.55. The summed E-state index contributed by atoms with van der Waals surface area (Å²) < 4.78 is 0. The van der Waals surface area contributed by atoms with Crippen molar-refractivity contribution in [2.24, 2.45) is 0 Å². The van der Waals surface area contributed by atoms with E-state index in [1.807, 2.05) is 37.3 Å². The maximum Gasteiger partial charge on any atom is 0.326 e. The van der Waals surface area contributed by atoms with Crippen LogP contribution in [0.15, 0.2) is 30.3 Å². The molecule has 1 atom stereocenters. The third-order valence-corrected chi connectivity index (χ3v) is 2.88. The van der Waals surface area contributed by atoms with Crippen LogP contribution in [0.5, 0.6) is 0 Å². The topological polar surface area (TPSA) is 57.6 Å². The summed E-state index contributed by atoms with van der Waals surface area (Å²) in [5.41, 5.74) is 0.918. The maximum atomic E-state index is 11.7. The molecule has 0 fully saturated rings. The Morgan fingerprint density at radius 1 is 1.28 bits per heavy atom. The zero-order valence-corrected chi connectivity index (χ0v) is 10.8. The number of hydrogen-bond donors (Lipinski definition) is 1. The quantitative estimate of drug-likeness (QED) is 0.838. The van der Waals surface area contributed by atoms with Crippen molar-refractivity contribution in [3.63, 3.8) is 0 Å². The molecule has 1 unspecified atom stereocenters. The van der Waals surface area contributed by atoms with E-state index in [1.165, 1.54) is 4.90 Å². The number of rotatable bonds is 6. The zero-order valence-electron chi connectivity index (χ0n) is 10.8. The number of hydrogen-bond acceptors (Lipinski definition) is 2. The van der Waals surface area contributed by atoms with Crippen molar-refractivity contribution in [2.45, 2.75) is 32.2 Å². The van der Waals surface area contributed by atoms with Gasteiger partial charge in [-0.05, 0) is 12.0 Å². The van der Waals surface area contributed by atoms with Gasteiger partial charge in [0.05, 0.1) is 0 Å². The molecular formula is C14H19NO3. The van der Waals surface area contributed by atoms with Crippen molar-refractivity contribution >= 4 is 11.9 Å². The van der Waals surface area contributed by atoms with Gasteiger partial charge in [0, 0.05) is 19.9 Å². The normalized spacial score (nSPS) is 11.9. The van der Waals surface area contributed by atoms with Crippen LogP contribution in [0.2, 0.25) is 0 Å². The number of likely N-dealkylation sites (N-methyl/N-ethyl adjacent to an activating group) is 1. The monoisotopic (exact) mass is 249 g/mol. The molecule has 18 heavy (non-hydrogen) atoms. The van der Waals surface area contributed by atoms with Crippen LogP contribution in [0.4, 0.5) is 0 Å². The highest BCUT2D eigenvalue weighted by molar-refractivity contribution is 5.83. The third kappa shape index (κ3) is 3.87. The molecule has 1 rings (SSSR count). The smallest absolute Gasteiger partial charge is 0.326 e. The number of benzene rings is 1. The van der Waals surface area contributed by atoms with Crippen LogP contribution in [-0.4, -0.2) is 35.0 Å². The number of nitrogens with zero attached hydrogens (tertiary/aromatic N) is 1. The number of amides is 1. The van der Waals surface area contributed by atoms with Gasteiger partial charge in [-0.3, -0.25) is 4.79 Å². The molecule has 1 amide bonds. The van der Waals surface area contributed by atoms with Gasteiger partial charge in [-0.25, -0.2) is 4.79 Å². The first-order valence-electron chi connectivity index (χ1n) is 6.08. The minimum absolute atomic E-state index is 0.124. The summed E-state index contributed by atoms with van der Waals surface area (Å²) in [4.78, 5) is 24.3. The van der Waals surface area contributed by atoms with Crippen LogP contribution in [-0.2, 0) is 16.0 Å². The molecule has 0 aliphatic carbocycles. The van der Waals surface area contributed by atoms with Crippen LogP contribution < -0.4 is 0 Å². The Morgan fingerprint density at radius 3 is 2.39 bits per heavy atom. The van der Waals surface area contributed by atoms with Crippen molar-refractivity contribution < 1.29 is 14.7 Å². The first-order valence-corrected chi connectivity index (χ1v) is 6.08. The fraction of sp³-hybridized carbons (Fsp3) is 0.429. The summed E-state index contributed by atoms with van der Waals surface area (Å²) in [6.45, 7) is 1.90. The van der Waals surface area contributed by atoms with E-state index >= 15 is 0 Å². The minimum Gasteiger partial charge on any atom is -0.480 e. The molecule has 0 aliphatic rings. The van der Waals surface area contributed by atoms with Gasteiger partial charge in [-0.2, -0.15) is 0 Å². The summed E-state index contributed by atoms with van der Waals surface area (Å²) in [5.74, 6) is -1.09. The second-order valence-corrected chi connectivity index (χ2v) is 4.30. The average Bonchev–Trinajstić information content (AvgIpc) is 2.36. The Hall–Kier alpha value is -1.84. The molecular weight excluding hydrogens is 230 g/mol. The molecule has 0 aromatic heterocycles. The van der Waals surface area contributed by atoms with Gasteiger partial charge in [0.25, 0.3) is 0 Å². The Balaban J connectivity index is 2.77. The number of carbonyl (C=O) groups excluding carboxylic acids is 1. The first kappa shape index (κ1) is 14.2. The molecule has 0 heterocycles. The van der Waals surface area contributed by atoms with Gasteiger partial charge in [-0.15, -0.1) is 0 Å². The number of carboxylic acid groups (broad SMARTS) is 1. The van der Waals surface area contributed by atoms with Gasteiger partial charge >= 0.3 is 5.97 Å². The predicted octanol–water partition coefficient (Wildman–Crippen LogP) is 1.94. The highest BCUT2D eigenvalue weighted by atomic mass is 16.4. The van der Waals surface area contributed by atoms with Crippen molar-refractivity contribution in [3.05, 3.63) is 35.9 Å². The summed E-state index contributed by atoms with van der Waals surface area (Å²) in [5, 5.41) is 9.23. The fourth-order valence-electron chi connectivity index (χ4n) is 1.79. The Morgan fingerprint density at radius 2 is 1.89 bits per heavy atom. The lowest BCUT2D eigenvalue weighted by Gasteiger charge is -2.24. The molecule has 1 aromatic carbocycles. The van der Waals surface area contributed by atoms with Gasteiger partial charge in [0.2, 0.25) is 5.91 Å². The Labute approximate surface area is 107 Å². The largest absolute Gasteiger partial charge is 0.480 e. The molecule has 0 aliphatic heterocycles. The second-order valence-electron chi connectivity index (χ2n) is 4.30. The van der Waals surface area contributed by atoms with E-state index < -0.39 is 12.0 Å². The maximum absolute atomic E-state index is 11.7. The van der Waals surface area contributed by atoms with Crippen molar-refractivity contribution in [3.8, 4) is 0 Å². The number of carboxylic acids is 1. The van der Waals surface area contributed by atoms with Crippen molar-refractivity contribution in [1.82, 2.24) is 4.90 Å². The molecule has 4 nitrogen and oxygen atoms in total. The van der Waals surface area contributed by atoms with Crippen molar-refractivity contribution in [1.29, 1.82) is 0 Å². The molecule has 1 aromatic rings. The van der Waals surface area contributed by atoms with E-state index in [2.05, 4.69) is 0 Å². The molecule has 1 N–H and O–H groups in total. The van der Waals surface area contributed by atoms with Gasteiger partial charge in [0.15, 0.2) is 0 Å². The SMILES string of the molecule is CCCC(=O)N(C)C(Cc1ccccc1)C(=O)O. The summed E-state index contributed by atoms with van der Waals surface area (Å²) in [6.07, 6.45) is 1.44. The Kier molecular flexibility index (Phi) is 5.36. The van der Waals surface area contributed by atoms with Crippen LogP contribution in [0.3, 0.4) is 0 Å². The lowest BCUT2D eigenvalue weighted by atomic mass is 10.0. The van der Waals surface area contributed by atoms with Crippen molar-refractivity contribution in [2.75, 3.05) is 7.05 Å². The third-order valence-electron chi connectivity index (χ3n) is 2.88. The van der Waals surface area contributed by atoms with Gasteiger partial charge < -0.3 is 10.0 Å².